The molecule has 5 nitrogen and oxygen atoms in total. The van der Waals surface area contributed by atoms with Crippen LogP contribution in [0.1, 0.15) is 52.4 Å². The molecule has 0 radical (unpaired) electrons. The lowest BCUT2D eigenvalue weighted by Gasteiger charge is -2.49. The number of allylic oxidation sites excluding steroid dienone is 1. The van der Waals surface area contributed by atoms with E-state index in [-0.39, 0.29) is 17.5 Å². The monoisotopic (exact) mass is 309 g/mol. The Balaban J connectivity index is 1.83. The van der Waals surface area contributed by atoms with Crippen molar-refractivity contribution < 1.29 is 19.1 Å². The number of hydrogen-bond acceptors (Lipinski definition) is 4. The Morgan fingerprint density at radius 2 is 1.91 bits per heavy atom. The Bertz CT molecular complexity index is 436. The van der Waals surface area contributed by atoms with Crippen molar-refractivity contribution in [2.75, 3.05) is 26.3 Å². The second-order valence-electron chi connectivity index (χ2n) is 6.16. The minimum absolute atomic E-state index is 0.118. The molecule has 1 aliphatic heterocycles. The molecule has 0 aromatic carbocycles. The van der Waals surface area contributed by atoms with Gasteiger partial charge in [0.25, 0.3) is 0 Å². The van der Waals surface area contributed by atoms with E-state index in [1.165, 1.54) is 5.57 Å². The lowest BCUT2D eigenvalue weighted by atomic mass is 9.59. The van der Waals surface area contributed by atoms with Gasteiger partial charge in [0.1, 0.15) is 0 Å². The molecule has 1 amide bonds. The molecule has 0 bridgehead atoms. The van der Waals surface area contributed by atoms with Crippen LogP contribution < -0.4 is 0 Å². The number of carbonyl (C=O) groups excluding carboxylic acids is 2. The van der Waals surface area contributed by atoms with Gasteiger partial charge in [0.05, 0.1) is 13.2 Å². The van der Waals surface area contributed by atoms with Gasteiger partial charge in [-0.15, -0.1) is 0 Å². The van der Waals surface area contributed by atoms with E-state index < -0.39 is 0 Å². The fourth-order valence-corrected chi connectivity index (χ4v) is 3.26. The summed E-state index contributed by atoms with van der Waals surface area (Å²) in [7, 11) is 0. The van der Waals surface area contributed by atoms with E-state index in [4.69, 9.17) is 9.47 Å². The molecule has 0 aromatic heterocycles. The van der Waals surface area contributed by atoms with Gasteiger partial charge in [-0.3, -0.25) is 0 Å². The van der Waals surface area contributed by atoms with Crippen molar-refractivity contribution >= 4 is 12.1 Å². The zero-order valence-electron chi connectivity index (χ0n) is 13.7. The molecular weight excluding hydrogens is 282 g/mol. The van der Waals surface area contributed by atoms with Gasteiger partial charge >= 0.3 is 12.1 Å². The van der Waals surface area contributed by atoms with Gasteiger partial charge in [0, 0.05) is 19.2 Å². The molecule has 0 N–H and O–H groups in total. The minimum atomic E-state index is -0.238. The van der Waals surface area contributed by atoms with Crippen LogP contribution in [0.4, 0.5) is 4.79 Å². The molecule has 2 fully saturated rings. The Hall–Kier alpha value is -1.52. The van der Waals surface area contributed by atoms with E-state index >= 15 is 0 Å². The summed E-state index contributed by atoms with van der Waals surface area (Å²) in [4.78, 5) is 25.4. The summed E-state index contributed by atoms with van der Waals surface area (Å²) < 4.78 is 10.3. The number of nitrogens with zero attached hydrogens (tertiary/aromatic N) is 1. The third kappa shape index (κ3) is 3.81. The summed E-state index contributed by atoms with van der Waals surface area (Å²) in [6.45, 7) is 6.23. The van der Waals surface area contributed by atoms with E-state index in [2.05, 4.69) is 6.92 Å². The average Bonchev–Trinajstić information content (AvgIpc) is 2.52. The van der Waals surface area contributed by atoms with Crippen LogP contribution in [-0.2, 0) is 14.3 Å². The van der Waals surface area contributed by atoms with Crippen LogP contribution >= 0.6 is 0 Å². The second kappa shape index (κ2) is 7.65. The number of carbonyl (C=O) groups is 2. The van der Waals surface area contributed by atoms with Crippen LogP contribution in [0.5, 0.6) is 0 Å². The van der Waals surface area contributed by atoms with Gasteiger partial charge in [-0.05, 0) is 44.4 Å². The fourth-order valence-electron chi connectivity index (χ4n) is 3.26. The summed E-state index contributed by atoms with van der Waals surface area (Å²) in [5.41, 5.74) is 1.32. The van der Waals surface area contributed by atoms with E-state index in [9.17, 15) is 9.59 Å². The molecule has 1 heterocycles. The Labute approximate surface area is 132 Å². The van der Waals surface area contributed by atoms with E-state index in [0.717, 1.165) is 38.5 Å². The summed E-state index contributed by atoms with van der Waals surface area (Å²) in [5, 5.41) is 0. The Morgan fingerprint density at radius 3 is 2.45 bits per heavy atom. The second-order valence-corrected chi connectivity index (χ2v) is 6.16. The molecule has 0 atom stereocenters. The predicted molar refractivity (Wildman–Crippen MR) is 83.4 cm³/mol. The Kier molecular flexibility index (Phi) is 5.86. The highest BCUT2D eigenvalue weighted by molar-refractivity contribution is 5.83. The summed E-state index contributed by atoms with van der Waals surface area (Å²) in [5.74, 6) is -0.238. The molecule has 0 unspecified atom stereocenters. The van der Waals surface area contributed by atoms with E-state index in [1.54, 1.807) is 11.0 Å². The van der Waals surface area contributed by atoms with Crippen LogP contribution in [0.15, 0.2) is 11.6 Å². The molecule has 5 heteroatoms. The molecule has 2 rings (SSSR count). The van der Waals surface area contributed by atoms with Gasteiger partial charge in [-0.2, -0.15) is 0 Å². The van der Waals surface area contributed by atoms with Crippen LogP contribution in [0.3, 0.4) is 0 Å². The quantitative estimate of drug-likeness (QED) is 0.444. The summed E-state index contributed by atoms with van der Waals surface area (Å²) in [6.07, 6.45) is 7.33. The molecule has 0 aromatic rings. The SMILES string of the molecule is CCCCOC(=O)N1CCC2(CC/C2=C\C(=O)OCC)CC1. The first-order valence-electron chi connectivity index (χ1n) is 8.41. The number of esters is 1. The average molecular weight is 309 g/mol. The first-order valence-corrected chi connectivity index (χ1v) is 8.41. The first kappa shape index (κ1) is 16.8. The van der Waals surface area contributed by atoms with Gasteiger partial charge in [-0.25, -0.2) is 9.59 Å². The molecule has 1 saturated heterocycles. The first-order chi connectivity index (χ1) is 10.6. The number of unbranched alkanes of at least 4 members (excludes halogenated alkanes) is 1. The Morgan fingerprint density at radius 1 is 1.18 bits per heavy atom. The smallest absolute Gasteiger partial charge is 0.409 e. The van der Waals surface area contributed by atoms with Gasteiger partial charge < -0.3 is 14.4 Å². The number of piperidine rings is 1. The lowest BCUT2D eigenvalue weighted by molar-refractivity contribution is -0.137. The molecule has 22 heavy (non-hydrogen) atoms. The number of likely N-dealkylation sites (tertiary alicyclic amines) is 1. The summed E-state index contributed by atoms with van der Waals surface area (Å²) in [6, 6.07) is 0. The zero-order chi connectivity index (χ0) is 16.0. The fraction of sp³-hybridized carbons (Fsp3) is 0.765. The van der Waals surface area contributed by atoms with E-state index in [0.29, 0.717) is 26.3 Å². The molecule has 2 aliphatic rings. The zero-order valence-corrected chi connectivity index (χ0v) is 13.7. The lowest BCUT2D eigenvalue weighted by Crippen LogP contribution is -2.47. The highest BCUT2D eigenvalue weighted by Gasteiger charge is 2.45. The van der Waals surface area contributed by atoms with E-state index in [1.807, 2.05) is 6.92 Å². The predicted octanol–water partition coefficient (Wildman–Crippen LogP) is 3.29. The van der Waals surface area contributed by atoms with Crippen LogP contribution in [0.2, 0.25) is 0 Å². The topological polar surface area (TPSA) is 55.8 Å². The number of hydrogen-bond donors (Lipinski definition) is 0. The number of amides is 1. The summed E-state index contributed by atoms with van der Waals surface area (Å²) >= 11 is 0. The highest BCUT2D eigenvalue weighted by atomic mass is 16.6. The number of rotatable bonds is 5. The molecule has 1 aliphatic carbocycles. The molecule has 1 spiro atoms. The molecule has 1 saturated carbocycles. The molecule has 124 valence electrons. The largest absolute Gasteiger partial charge is 0.463 e. The van der Waals surface area contributed by atoms with Crippen molar-refractivity contribution in [3.8, 4) is 0 Å². The van der Waals surface area contributed by atoms with Crippen LogP contribution in [0, 0.1) is 5.41 Å². The van der Waals surface area contributed by atoms with Gasteiger partial charge in [0.2, 0.25) is 0 Å². The van der Waals surface area contributed by atoms with Crippen molar-refractivity contribution in [2.24, 2.45) is 5.41 Å². The van der Waals surface area contributed by atoms with Crippen LogP contribution in [-0.4, -0.2) is 43.3 Å². The van der Waals surface area contributed by atoms with Crippen LogP contribution in [0.25, 0.3) is 0 Å². The van der Waals surface area contributed by atoms with Gasteiger partial charge in [-0.1, -0.05) is 18.9 Å². The van der Waals surface area contributed by atoms with Crippen molar-refractivity contribution in [1.82, 2.24) is 4.90 Å². The normalized spacial score (nSPS) is 21.5. The maximum Gasteiger partial charge on any atom is 0.409 e. The van der Waals surface area contributed by atoms with Crippen molar-refractivity contribution in [3.63, 3.8) is 0 Å². The maximum atomic E-state index is 11.9. The standard InChI is InChI=1S/C17H27NO4/c1-3-5-12-22-16(20)18-10-8-17(9-11-18)7-6-14(17)13-15(19)21-4-2/h13H,3-12H2,1-2H3/b14-13+. The van der Waals surface area contributed by atoms with Crippen molar-refractivity contribution in [2.45, 2.75) is 52.4 Å². The maximum absolute atomic E-state index is 11.9. The van der Waals surface area contributed by atoms with Gasteiger partial charge in [0.15, 0.2) is 0 Å². The minimum Gasteiger partial charge on any atom is -0.463 e. The van der Waals surface area contributed by atoms with Crippen molar-refractivity contribution in [1.29, 1.82) is 0 Å². The molecular formula is C17H27NO4. The highest BCUT2D eigenvalue weighted by Crippen LogP contribution is 2.53. The third-order valence-corrected chi connectivity index (χ3v) is 4.83. The third-order valence-electron chi connectivity index (χ3n) is 4.83. The number of ether oxygens (including phenoxy) is 2. The van der Waals surface area contributed by atoms with Crippen molar-refractivity contribution in [3.05, 3.63) is 11.6 Å².